The van der Waals surface area contributed by atoms with Gasteiger partial charge in [0.15, 0.2) is 0 Å². The Morgan fingerprint density at radius 1 is 1.33 bits per heavy atom. The molecule has 0 aliphatic carbocycles. The van der Waals surface area contributed by atoms with Gasteiger partial charge in [0.2, 0.25) is 0 Å². The van der Waals surface area contributed by atoms with Crippen LogP contribution in [0.2, 0.25) is 0 Å². The van der Waals surface area contributed by atoms with Gasteiger partial charge in [0.05, 0.1) is 5.16 Å². The number of aliphatic imine (C=N–C) groups is 1. The molecule has 1 aromatic rings. The molecule has 0 fully saturated rings. The van der Waals surface area contributed by atoms with Gasteiger partial charge in [-0.1, -0.05) is 0 Å². The van der Waals surface area contributed by atoms with E-state index in [1.54, 1.807) is 5.16 Å². The van der Waals surface area contributed by atoms with E-state index in [0.717, 1.165) is 7.05 Å². The molecule has 18 heavy (non-hydrogen) atoms. The second-order valence-electron chi connectivity index (χ2n) is 3.31. The highest BCUT2D eigenvalue weighted by atomic mass is 32.1. The SMILES string of the molecule is Cn1cc(C(F)(F)C(F)(F)F)cc(N=C=S)c1=O. The molecule has 0 atom stereocenters. The number of alkyl halides is 5. The fraction of sp³-hybridized carbons (Fsp3) is 0.333. The summed E-state index contributed by atoms with van der Waals surface area (Å²) in [5.74, 6) is -5.08. The average molecular weight is 284 g/mol. The van der Waals surface area contributed by atoms with Crippen LogP contribution in [0.15, 0.2) is 22.1 Å². The third-order valence-electron chi connectivity index (χ3n) is 2.05. The summed E-state index contributed by atoms with van der Waals surface area (Å²) < 4.78 is 63.2. The number of hydrogen-bond donors (Lipinski definition) is 0. The molecule has 0 spiro atoms. The van der Waals surface area contributed by atoms with Crippen molar-refractivity contribution < 1.29 is 22.0 Å². The van der Waals surface area contributed by atoms with E-state index in [2.05, 4.69) is 17.2 Å². The molecular formula is C9H5F5N2OS. The summed E-state index contributed by atoms with van der Waals surface area (Å²) in [6.07, 6.45) is -5.36. The summed E-state index contributed by atoms with van der Waals surface area (Å²) in [5.41, 5.74) is -2.87. The minimum absolute atomic E-state index is 0.342. The molecule has 0 aliphatic heterocycles. The Balaban J connectivity index is 3.54. The van der Waals surface area contributed by atoms with E-state index < -0.39 is 28.9 Å². The summed E-state index contributed by atoms with van der Waals surface area (Å²) in [7, 11) is 1.03. The lowest BCUT2D eigenvalue weighted by atomic mass is 10.1. The topological polar surface area (TPSA) is 34.4 Å². The van der Waals surface area contributed by atoms with E-state index in [4.69, 9.17) is 0 Å². The van der Waals surface area contributed by atoms with Crippen LogP contribution < -0.4 is 5.56 Å². The molecule has 0 radical (unpaired) electrons. The van der Waals surface area contributed by atoms with Crippen LogP contribution in [0, 0.1) is 0 Å². The summed E-state index contributed by atoms with van der Waals surface area (Å²) in [6, 6.07) is 0.342. The van der Waals surface area contributed by atoms with Crippen LogP contribution in [0.3, 0.4) is 0 Å². The Hall–Kier alpha value is -1.60. The molecule has 0 saturated heterocycles. The summed E-state index contributed by atoms with van der Waals surface area (Å²) in [6.45, 7) is 0. The van der Waals surface area contributed by atoms with E-state index in [-0.39, 0.29) is 0 Å². The molecule has 0 saturated carbocycles. The van der Waals surface area contributed by atoms with Crippen molar-refractivity contribution in [3.8, 4) is 0 Å². The number of rotatable bonds is 2. The van der Waals surface area contributed by atoms with Crippen molar-refractivity contribution in [3.63, 3.8) is 0 Å². The van der Waals surface area contributed by atoms with Crippen LogP contribution in [0.4, 0.5) is 27.6 Å². The molecule has 1 rings (SSSR count). The summed E-state index contributed by atoms with van der Waals surface area (Å²) in [5, 5.41) is 1.74. The van der Waals surface area contributed by atoms with Crippen molar-refractivity contribution in [2.75, 3.05) is 0 Å². The monoisotopic (exact) mass is 284 g/mol. The predicted molar refractivity (Wildman–Crippen MR) is 56.3 cm³/mol. The minimum Gasteiger partial charge on any atom is -0.316 e. The van der Waals surface area contributed by atoms with Crippen LogP contribution in [0.1, 0.15) is 5.56 Å². The van der Waals surface area contributed by atoms with E-state index >= 15 is 0 Å². The number of isothiocyanates is 1. The Kier molecular flexibility index (Phi) is 3.68. The number of aromatic nitrogens is 1. The number of thiocarbonyl (C=S) groups is 1. The van der Waals surface area contributed by atoms with Crippen molar-refractivity contribution in [3.05, 3.63) is 28.2 Å². The highest BCUT2D eigenvalue weighted by Crippen LogP contribution is 2.43. The van der Waals surface area contributed by atoms with Crippen LogP contribution in [-0.4, -0.2) is 15.9 Å². The van der Waals surface area contributed by atoms with Gasteiger partial charge in [-0.25, -0.2) is 0 Å². The lowest BCUT2D eigenvalue weighted by molar-refractivity contribution is -0.289. The van der Waals surface area contributed by atoms with Gasteiger partial charge in [-0.05, 0) is 18.3 Å². The molecular weight excluding hydrogens is 279 g/mol. The highest BCUT2D eigenvalue weighted by Gasteiger charge is 2.59. The Morgan fingerprint density at radius 3 is 2.33 bits per heavy atom. The summed E-state index contributed by atoms with van der Waals surface area (Å²) in [4.78, 5) is 14.5. The van der Waals surface area contributed by atoms with E-state index in [1.807, 2.05) is 0 Å². The van der Waals surface area contributed by atoms with Gasteiger partial charge >= 0.3 is 12.1 Å². The zero-order chi connectivity index (χ0) is 14.1. The zero-order valence-electron chi connectivity index (χ0n) is 8.76. The molecule has 98 valence electrons. The molecule has 0 amide bonds. The Morgan fingerprint density at radius 2 is 1.89 bits per heavy atom. The number of halogens is 5. The van der Waals surface area contributed by atoms with Crippen LogP contribution in [-0.2, 0) is 13.0 Å². The fourth-order valence-corrected chi connectivity index (χ4v) is 1.26. The molecule has 0 unspecified atom stereocenters. The van der Waals surface area contributed by atoms with Crippen LogP contribution >= 0.6 is 12.2 Å². The summed E-state index contributed by atoms with van der Waals surface area (Å²) >= 11 is 4.17. The number of nitrogens with zero attached hydrogens (tertiary/aromatic N) is 2. The van der Waals surface area contributed by atoms with Gasteiger partial charge in [-0.3, -0.25) is 4.79 Å². The fourth-order valence-electron chi connectivity index (χ4n) is 1.16. The molecule has 9 heteroatoms. The van der Waals surface area contributed by atoms with Crippen molar-refractivity contribution >= 4 is 23.1 Å². The maximum Gasteiger partial charge on any atom is 0.458 e. The quantitative estimate of drug-likeness (QED) is 0.475. The van der Waals surface area contributed by atoms with E-state index in [1.165, 1.54) is 0 Å². The van der Waals surface area contributed by atoms with Crippen LogP contribution in [0.25, 0.3) is 0 Å². The van der Waals surface area contributed by atoms with Crippen molar-refractivity contribution in [1.82, 2.24) is 4.57 Å². The second-order valence-corrected chi connectivity index (χ2v) is 3.49. The minimum atomic E-state index is -5.76. The first-order valence-electron chi connectivity index (χ1n) is 4.35. The third kappa shape index (κ3) is 2.46. The van der Waals surface area contributed by atoms with Gasteiger partial charge in [-0.15, -0.1) is 0 Å². The lowest BCUT2D eigenvalue weighted by Gasteiger charge is -2.20. The molecule has 3 nitrogen and oxygen atoms in total. The van der Waals surface area contributed by atoms with Gasteiger partial charge in [0, 0.05) is 18.8 Å². The first-order valence-corrected chi connectivity index (χ1v) is 4.75. The van der Waals surface area contributed by atoms with Gasteiger partial charge < -0.3 is 4.57 Å². The molecule has 0 N–H and O–H groups in total. The smallest absolute Gasteiger partial charge is 0.316 e. The normalized spacial score (nSPS) is 12.1. The van der Waals surface area contributed by atoms with Crippen LogP contribution in [0.5, 0.6) is 0 Å². The maximum absolute atomic E-state index is 13.1. The second kappa shape index (κ2) is 4.58. The largest absolute Gasteiger partial charge is 0.458 e. The Bertz CT molecular complexity index is 571. The van der Waals surface area contributed by atoms with E-state index in [9.17, 15) is 26.7 Å². The molecule has 0 aromatic carbocycles. The predicted octanol–water partition coefficient (Wildman–Crippen LogP) is 2.77. The van der Waals surface area contributed by atoms with E-state index in [0.29, 0.717) is 16.8 Å². The van der Waals surface area contributed by atoms with Crippen molar-refractivity contribution in [1.29, 1.82) is 0 Å². The number of pyridine rings is 1. The van der Waals surface area contributed by atoms with Crippen molar-refractivity contribution in [2.45, 2.75) is 12.1 Å². The average Bonchev–Trinajstić information content (AvgIpc) is 2.23. The number of aryl methyl sites for hydroxylation is 1. The highest BCUT2D eigenvalue weighted by molar-refractivity contribution is 7.78. The molecule has 0 bridgehead atoms. The van der Waals surface area contributed by atoms with Gasteiger partial charge in [0.25, 0.3) is 5.56 Å². The standard InChI is InChI=1S/C9H5F5N2OS/c1-16-3-5(8(10,11)9(12,13)14)2-6(7(16)17)15-4-18/h2-3H,1H3. The van der Waals surface area contributed by atoms with Gasteiger partial charge in [0.1, 0.15) is 5.69 Å². The molecule has 1 heterocycles. The molecule has 1 aromatic heterocycles. The third-order valence-corrected chi connectivity index (χ3v) is 2.14. The number of hydrogen-bond acceptors (Lipinski definition) is 3. The maximum atomic E-state index is 13.1. The first kappa shape index (κ1) is 14.5. The van der Waals surface area contributed by atoms with Gasteiger partial charge in [-0.2, -0.15) is 26.9 Å². The lowest BCUT2D eigenvalue weighted by Crippen LogP contribution is -2.35. The Labute approximate surface area is 103 Å². The van der Waals surface area contributed by atoms with Crippen molar-refractivity contribution in [2.24, 2.45) is 12.0 Å². The first-order chi connectivity index (χ1) is 8.11. The molecule has 0 aliphatic rings. The zero-order valence-corrected chi connectivity index (χ0v) is 9.57.